The number of hydrogen-bond acceptors (Lipinski definition) is 3. The minimum atomic E-state index is -0.432. The van der Waals surface area contributed by atoms with Crippen LogP contribution >= 0.6 is 0 Å². The second-order valence-corrected chi connectivity index (χ2v) is 9.58. The minimum Gasteiger partial charge on any atom is -0.492 e. The van der Waals surface area contributed by atoms with Gasteiger partial charge in [-0.2, -0.15) is 0 Å². The molecule has 3 aromatic carbocycles. The molecule has 1 aliphatic heterocycles. The zero-order valence-electron chi connectivity index (χ0n) is 20.6. The quantitative estimate of drug-likeness (QED) is 0.414. The molecule has 0 amide bonds. The minimum absolute atomic E-state index is 0. The highest BCUT2D eigenvalue weighted by atomic mass is 16.5. The molecule has 0 radical (unpaired) electrons. The number of fused-ring (bicyclic) bond motifs is 1. The Hall–Kier alpha value is -4.10. The summed E-state index contributed by atoms with van der Waals surface area (Å²) in [5.74, 6) is 1.05. The van der Waals surface area contributed by atoms with Gasteiger partial charge in [0.1, 0.15) is 24.4 Å². The third-order valence-corrected chi connectivity index (χ3v) is 7.36. The molecule has 3 atom stereocenters. The summed E-state index contributed by atoms with van der Waals surface area (Å²) in [4.78, 5) is 27.1. The molecule has 190 valence electrons. The molecule has 1 aliphatic carbocycles. The predicted molar refractivity (Wildman–Crippen MR) is 143 cm³/mol. The van der Waals surface area contributed by atoms with Gasteiger partial charge in [0.15, 0.2) is 0 Å². The molecule has 6 rings (SSSR count). The Bertz CT molecular complexity index is 1490. The van der Waals surface area contributed by atoms with E-state index >= 15 is 0 Å². The lowest BCUT2D eigenvalue weighted by molar-refractivity contribution is 0.0499. The van der Waals surface area contributed by atoms with Crippen LogP contribution in [-0.2, 0) is 11.3 Å². The van der Waals surface area contributed by atoms with Gasteiger partial charge in [0.25, 0.3) is 0 Å². The molecule has 2 heterocycles. The number of hydrogen-bond donors (Lipinski definition) is 0. The predicted octanol–water partition coefficient (Wildman–Crippen LogP) is 4.21. The zero-order valence-corrected chi connectivity index (χ0v) is 20.6. The number of rotatable bonds is 5. The average Bonchev–Trinajstić information content (AvgIpc) is 3.19. The first-order valence-corrected chi connectivity index (χ1v) is 12.7. The number of para-hydroxylation sites is 1. The van der Waals surface area contributed by atoms with Gasteiger partial charge >= 0.3 is 11.4 Å². The molecule has 7 heteroatoms. The number of nitrogens with zero attached hydrogens (tertiary/aromatic N) is 3. The topological polar surface area (TPSA) is 89.7 Å². The molecule has 2 N–H and O–H groups in total. The van der Waals surface area contributed by atoms with Crippen LogP contribution in [0, 0.1) is 0 Å². The number of ether oxygens (including phenoxy) is 1. The van der Waals surface area contributed by atoms with Crippen LogP contribution in [0.5, 0.6) is 0 Å². The normalized spacial score (nSPS) is 20.9. The molecule has 0 unspecified atom stereocenters. The van der Waals surface area contributed by atoms with Crippen molar-refractivity contribution in [2.45, 2.75) is 50.3 Å². The summed E-state index contributed by atoms with van der Waals surface area (Å²) < 4.78 is 11.0. The number of benzene rings is 3. The molecular weight excluding hydrogens is 466 g/mol. The second-order valence-electron chi connectivity index (χ2n) is 9.58. The summed E-state index contributed by atoms with van der Waals surface area (Å²) in [5, 5.41) is 0. The van der Waals surface area contributed by atoms with Crippen molar-refractivity contribution in [3.8, 4) is 5.69 Å². The highest BCUT2D eigenvalue weighted by molar-refractivity contribution is 5.32. The van der Waals surface area contributed by atoms with Gasteiger partial charge in [-0.05, 0) is 48.6 Å². The summed E-state index contributed by atoms with van der Waals surface area (Å²) in [5.41, 5.74) is 2.08. The maximum absolute atomic E-state index is 13.6. The summed E-state index contributed by atoms with van der Waals surface area (Å²) in [6.45, 7) is 0.231. The molecule has 7 nitrogen and oxygen atoms in total. The number of allylic oxidation sites excluding steroid dienone is 2. The molecule has 0 bridgehead atoms. The maximum atomic E-state index is 13.6. The van der Waals surface area contributed by atoms with E-state index in [4.69, 9.17) is 4.74 Å². The third-order valence-electron chi connectivity index (χ3n) is 7.36. The Morgan fingerprint density at radius 3 is 1.97 bits per heavy atom. The molecule has 2 aliphatic rings. The monoisotopic (exact) mass is 497 g/mol. The molecule has 0 spiro atoms. The average molecular weight is 498 g/mol. The van der Waals surface area contributed by atoms with Gasteiger partial charge in [0, 0.05) is 5.92 Å². The second kappa shape index (κ2) is 10.5. The van der Waals surface area contributed by atoms with Crippen molar-refractivity contribution in [1.82, 2.24) is 13.9 Å². The van der Waals surface area contributed by atoms with Gasteiger partial charge in [0.2, 0.25) is 0 Å². The Morgan fingerprint density at radius 2 is 1.30 bits per heavy atom. The lowest BCUT2D eigenvalue weighted by atomic mass is 9.81. The standard InChI is InChI=1S/C30H29N3O3.H2O/c34-29-31-21-25(36-28-19-11-10-18-26(28)22-12-4-1-5-13-22)20-27(23-14-6-2-7-15-23)33(31)30(35)32(29)24-16-8-3-9-17-24;/h1-9,12-17,20,26-28H,10-11,18-19,21H2;1H2/t26-,27+,28+;/m1./s1. The summed E-state index contributed by atoms with van der Waals surface area (Å²) >= 11 is 0. The Morgan fingerprint density at radius 1 is 0.703 bits per heavy atom. The highest BCUT2D eigenvalue weighted by Crippen LogP contribution is 2.37. The molecule has 0 saturated heterocycles. The maximum Gasteiger partial charge on any atom is 0.352 e. The summed E-state index contributed by atoms with van der Waals surface area (Å²) in [6.07, 6.45) is 6.41. The molecule has 4 aromatic rings. The van der Waals surface area contributed by atoms with E-state index in [2.05, 4.69) is 24.3 Å². The van der Waals surface area contributed by atoms with Crippen molar-refractivity contribution in [1.29, 1.82) is 0 Å². The van der Waals surface area contributed by atoms with E-state index in [1.54, 1.807) is 16.8 Å². The van der Waals surface area contributed by atoms with Crippen molar-refractivity contribution < 1.29 is 10.2 Å². The summed E-state index contributed by atoms with van der Waals surface area (Å²) in [6, 6.07) is 29.0. The zero-order chi connectivity index (χ0) is 24.5. The molecular formula is C30H31N3O4. The first-order valence-electron chi connectivity index (χ1n) is 12.7. The van der Waals surface area contributed by atoms with E-state index in [0.717, 1.165) is 30.6 Å². The van der Waals surface area contributed by atoms with E-state index in [0.29, 0.717) is 11.6 Å². The van der Waals surface area contributed by atoms with Crippen LogP contribution in [0.25, 0.3) is 5.69 Å². The number of aromatic nitrogens is 3. The van der Waals surface area contributed by atoms with Gasteiger partial charge in [-0.25, -0.2) is 23.5 Å². The molecule has 1 saturated carbocycles. The lowest BCUT2D eigenvalue weighted by Gasteiger charge is -2.34. The van der Waals surface area contributed by atoms with Gasteiger partial charge in [-0.3, -0.25) is 0 Å². The van der Waals surface area contributed by atoms with Crippen molar-refractivity contribution in [2.75, 3.05) is 0 Å². The van der Waals surface area contributed by atoms with E-state index < -0.39 is 6.04 Å². The first-order chi connectivity index (χ1) is 17.7. The van der Waals surface area contributed by atoms with E-state index in [1.165, 1.54) is 21.2 Å². The van der Waals surface area contributed by atoms with Gasteiger partial charge in [-0.1, -0.05) is 85.3 Å². The Labute approximate surface area is 215 Å². The fraction of sp³-hybridized carbons (Fsp3) is 0.267. The van der Waals surface area contributed by atoms with E-state index in [1.807, 2.05) is 60.7 Å². The van der Waals surface area contributed by atoms with E-state index in [-0.39, 0.29) is 29.5 Å². The van der Waals surface area contributed by atoms with E-state index in [9.17, 15) is 9.59 Å². The van der Waals surface area contributed by atoms with Crippen molar-refractivity contribution >= 4 is 0 Å². The fourth-order valence-electron chi connectivity index (χ4n) is 5.63. The first kappa shape index (κ1) is 24.6. The molecule has 1 aromatic heterocycles. The lowest BCUT2D eigenvalue weighted by Crippen LogP contribution is -2.36. The van der Waals surface area contributed by atoms with Crippen molar-refractivity contribution in [3.63, 3.8) is 0 Å². The van der Waals surface area contributed by atoms with Crippen LogP contribution in [0.1, 0.15) is 48.8 Å². The van der Waals surface area contributed by atoms with Crippen LogP contribution < -0.4 is 11.4 Å². The molecule has 1 fully saturated rings. The van der Waals surface area contributed by atoms with Gasteiger partial charge in [-0.15, -0.1) is 0 Å². The molecule has 37 heavy (non-hydrogen) atoms. The highest BCUT2D eigenvalue weighted by Gasteiger charge is 2.33. The van der Waals surface area contributed by atoms with Crippen LogP contribution in [0.15, 0.2) is 112 Å². The van der Waals surface area contributed by atoms with Gasteiger partial charge in [0.05, 0.1) is 5.69 Å². The van der Waals surface area contributed by atoms with Crippen molar-refractivity contribution in [2.24, 2.45) is 0 Å². The Balaban J connectivity index is 0.00000280. The Kier molecular flexibility index (Phi) is 6.97. The third kappa shape index (κ3) is 4.58. The van der Waals surface area contributed by atoms with Crippen LogP contribution in [0.3, 0.4) is 0 Å². The van der Waals surface area contributed by atoms with Crippen LogP contribution in [-0.4, -0.2) is 25.5 Å². The largest absolute Gasteiger partial charge is 0.492 e. The van der Waals surface area contributed by atoms with Crippen LogP contribution in [0.2, 0.25) is 0 Å². The fourth-order valence-corrected chi connectivity index (χ4v) is 5.63. The smallest absolute Gasteiger partial charge is 0.352 e. The van der Waals surface area contributed by atoms with Gasteiger partial charge < -0.3 is 10.2 Å². The SMILES string of the molecule is O.O=c1n(-c2ccccc2)c(=O)n2n1CC(O[C@H]1CCCC[C@@H]1c1ccccc1)=C[C@H]2c1ccccc1. The summed E-state index contributed by atoms with van der Waals surface area (Å²) in [7, 11) is 0. The van der Waals surface area contributed by atoms with Crippen molar-refractivity contribution in [3.05, 3.63) is 135 Å². The van der Waals surface area contributed by atoms with Crippen LogP contribution in [0.4, 0.5) is 0 Å².